The largest absolute Gasteiger partial charge is 0.341 e. The highest BCUT2D eigenvalue weighted by Gasteiger charge is 2.44. The molecule has 4 heterocycles. The van der Waals surface area contributed by atoms with Crippen LogP contribution in [0, 0.1) is 0 Å². The van der Waals surface area contributed by atoms with Crippen molar-refractivity contribution in [3.8, 4) is 11.3 Å². The molecule has 33 heavy (non-hydrogen) atoms. The monoisotopic (exact) mass is 450 g/mol. The van der Waals surface area contributed by atoms with E-state index in [0.29, 0.717) is 24.2 Å². The first-order chi connectivity index (χ1) is 15.9. The first kappa shape index (κ1) is 21.0. The fourth-order valence-corrected chi connectivity index (χ4v) is 4.67. The Labute approximate surface area is 188 Å². The van der Waals surface area contributed by atoms with Crippen LogP contribution in [0.2, 0.25) is 0 Å². The summed E-state index contributed by atoms with van der Waals surface area (Å²) in [6, 6.07) is 3.31. The molecule has 0 saturated carbocycles. The number of piperidine rings is 2. The molecule has 2 fully saturated rings. The lowest BCUT2D eigenvalue weighted by molar-refractivity contribution is -0.138. The van der Waals surface area contributed by atoms with Gasteiger partial charge in [-0.1, -0.05) is 11.3 Å². The summed E-state index contributed by atoms with van der Waals surface area (Å²) in [6.45, 7) is 3.31. The van der Waals surface area contributed by atoms with Crippen LogP contribution in [0.1, 0.15) is 59.4 Å². The molecule has 0 spiro atoms. The van der Waals surface area contributed by atoms with Gasteiger partial charge in [0.05, 0.1) is 17.3 Å². The van der Waals surface area contributed by atoms with Gasteiger partial charge in [0.1, 0.15) is 17.8 Å². The fraction of sp³-hybridized carbons (Fsp3) is 0.409. The summed E-state index contributed by atoms with van der Waals surface area (Å²) >= 11 is 0. The molecule has 3 aliphatic heterocycles. The van der Waals surface area contributed by atoms with E-state index in [9.17, 15) is 24.0 Å². The van der Waals surface area contributed by atoms with Crippen LogP contribution in [0.25, 0.3) is 11.3 Å². The van der Waals surface area contributed by atoms with Crippen LogP contribution in [0.4, 0.5) is 0 Å². The minimum absolute atomic E-state index is 0.00908. The van der Waals surface area contributed by atoms with Crippen molar-refractivity contribution in [1.82, 2.24) is 30.1 Å². The normalized spacial score (nSPS) is 23.2. The van der Waals surface area contributed by atoms with Gasteiger partial charge in [0.2, 0.25) is 17.7 Å². The molecule has 3 aliphatic rings. The van der Waals surface area contributed by atoms with Gasteiger partial charge in [-0.05, 0) is 38.3 Å². The average molecular weight is 450 g/mol. The average Bonchev–Trinajstić information content (AvgIpc) is 3.38. The van der Waals surface area contributed by atoms with Gasteiger partial charge in [0.15, 0.2) is 0 Å². The molecule has 0 bridgehead atoms. The number of rotatable bonds is 4. The Balaban J connectivity index is 1.41. The van der Waals surface area contributed by atoms with E-state index in [1.54, 1.807) is 27.9 Å². The number of aromatic nitrogens is 3. The van der Waals surface area contributed by atoms with Gasteiger partial charge in [-0.3, -0.25) is 34.2 Å². The maximum Gasteiger partial charge on any atom is 0.262 e. The fourth-order valence-electron chi connectivity index (χ4n) is 4.67. The lowest BCUT2D eigenvalue weighted by Gasteiger charge is -2.31. The van der Waals surface area contributed by atoms with Crippen molar-refractivity contribution in [3.63, 3.8) is 0 Å². The number of hydrogen-bond donors (Lipinski definition) is 1. The summed E-state index contributed by atoms with van der Waals surface area (Å²) in [5, 5.41) is 10.5. The second kappa shape index (κ2) is 7.91. The number of imide groups is 2. The summed E-state index contributed by atoms with van der Waals surface area (Å²) in [5.74, 6) is -2.21. The van der Waals surface area contributed by atoms with Gasteiger partial charge in [0.25, 0.3) is 11.8 Å². The van der Waals surface area contributed by atoms with Crippen molar-refractivity contribution in [3.05, 3.63) is 35.5 Å². The first-order valence-electron chi connectivity index (χ1n) is 11.0. The molecule has 170 valence electrons. The Kier molecular flexibility index (Phi) is 5.03. The summed E-state index contributed by atoms with van der Waals surface area (Å²) in [7, 11) is 0. The number of carbonyl (C=O) groups excluding carboxylic acids is 5. The second-order valence-electron chi connectivity index (χ2n) is 8.37. The number of fused-ring (bicyclic) bond motifs is 1. The number of amides is 5. The third kappa shape index (κ3) is 3.40. The predicted octanol–water partition coefficient (Wildman–Crippen LogP) is 0.530. The summed E-state index contributed by atoms with van der Waals surface area (Å²) < 4.78 is 1.55. The summed E-state index contributed by atoms with van der Waals surface area (Å²) in [5.41, 5.74) is 1.41. The second-order valence-corrected chi connectivity index (χ2v) is 8.37. The predicted molar refractivity (Wildman–Crippen MR) is 113 cm³/mol. The zero-order valence-electron chi connectivity index (χ0n) is 18.0. The smallest absolute Gasteiger partial charge is 0.262 e. The van der Waals surface area contributed by atoms with Crippen LogP contribution in [0.5, 0.6) is 0 Å². The number of carbonyl (C=O) groups is 5. The first-order valence-corrected chi connectivity index (χ1v) is 11.0. The maximum absolute atomic E-state index is 13.0. The van der Waals surface area contributed by atoms with E-state index in [0.717, 1.165) is 17.9 Å². The van der Waals surface area contributed by atoms with E-state index in [1.807, 2.05) is 6.92 Å². The molecule has 0 aliphatic carbocycles. The molecule has 2 unspecified atom stereocenters. The number of hydrogen-bond acceptors (Lipinski definition) is 7. The Morgan fingerprint density at radius 1 is 1.03 bits per heavy atom. The summed E-state index contributed by atoms with van der Waals surface area (Å²) in [4.78, 5) is 64.9. The zero-order chi connectivity index (χ0) is 23.3. The van der Waals surface area contributed by atoms with E-state index in [2.05, 4.69) is 15.6 Å². The molecule has 1 aromatic carbocycles. The van der Waals surface area contributed by atoms with Gasteiger partial charge in [0, 0.05) is 25.1 Å². The molecular formula is C22H22N6O5. The van der Waals surface area contributed by atoms with Crippen LogP contribution < -0.4 is 5.32 Å². The lowest BCUT2D eigenvalue weighted by Crippen LogP contribution is -2.54. The van der Waals surface area contributed by atoms with Crippen molar-refractivity contribution >= 4 is 29.5 Å². The quantitative estimate of drug-likeness (QED) is 0.672. The van der Waals surface area contributed by atoms with Gasteiger partial charge in [-0.25, -0.2) is 4.68 Å². The standard InChI is InChI=1S/C22H22N6O5/c1-2-26-9-3-4-17(22(26)33)27-11-15(24-25-27)12-5-6-13-14(10-12)21(32)28(20(13)31)16-7-8-18(29)23-19(16)30/h5-6,10-11,16-17H,2-4,7-9H2,1H3,(H,23,29,30). The number of likely N-dealkylation sites (N-methyl/N-ethyl adjacent to an activating group) is 1. The van der Waals surface area contributed by atoms with Crippen LogP contribution in [0.15, 0.2) is 24.4 Å². The Morgan fingerprint density at radius 3 is 2.58 bits per heavy atom. The van der Waals surface area contributed by atoms with Gasteiger partial charge >= 0.3 is 0 Å². The third-order valence-corrected chi connectivity index (χ3v) is 6.45. The van der Waals surface area contributed by atoms with Crippen LogP contribution in [0.3, 0.4) is 0 Å². The maximum atomic E-state index is 13.0. The number of nitrogens with one attached hydrogen (secondary N) is 1. The lowest BCUT2D eigenvalue weighted by atomic mass is 10.0. The highest BCUT2D eigenvalue weighted by atomic mass is 16.2. The molecule has 1 N–H and O–H groups in total. The van der Waals surface area contributed by atoms with Crippen molar-refractivity contribution < 1.29 is 24.0 Å². The van der Waals surface area contributed by atoms with Gasteiger partial charge in [-0.2, -0.15) is 0 Å². The van der Waals surface area contributed by atoms with E-state index in [4.69, 9.17) is 0 Å². The third-order valence-electron chi connectivity index (χ3n) is 6.45. The SMILES string of the molecule is CCN1CCCC(n2cc(-c3ccc4c(c3)C(=O)N(C3CCC(=O)NC3=O)C4=O)nn2)C1=O. The number of nitrogens with zero attached hydrogens (tertiary/aromatic N) is 5. The number of benzene rings is 1. The zero-order valence-corrected chi connectivity index (χ0v) is 18.0. The Morgan fingerprint density at radius 2 is 1.82 bits per heavy atom. The number of likely N-dealkylation sites (tertiary alicyclic amines) is 1. The van der Waals surface area contributed by atoms with Gasteiger partial charge < -0.3 is 4.90 Å². The van der Waals surface area contributed by atoms with E-state index in [1.165, 1.54) is 6.07 Å². The summed E-state index contributed by atoms with van der Waals surface area (Å²) in [6.07, 6.45) is 3.39. The Bertz CT molecular complexity index is 1200. The molecule has 2 aromatic rings. The van der Waals surface area contributed by atoms with Crippen LogP contribution in [-0.2, 0) is 14.4 Å². The van der Waals surface area contributed by atoms with Crippen molar-refractivity contribution in [2.24, 2.45) is 0 Å². The minimum Gasteiger partial charge on any atom is -0.341 e. The molecule has 5 rings (SSSR count). The highest BCUT2D eigenvalue weighted by Crippen LogP contribution is 2.31. The van der Waals surface area contributed by atoms with E-state index >= 15 is 0 Å². The van der Waals surface area contributed by atoms with Crippen molar-refractivity contribution in [2.75, 3.05) is 13.1 Å². The molecule has 5 amide bonds. The van der Waals surface area contributed by atoms with Crippen molar-refractivity contribution in [1.29, 1.82) is 0 Å². The molecule has 2 atom stereocenters. The topological polar surface area (TPSA) is 135 Å². The Hall–Kier alpha value is -3.89. The van der Waals surface area contributed by atoms with Gasteiger partial charge in [-0.15, -0.1) is 5.10 Å². The van der Waals surface area contributed by atoms with Crippen molar-refractivity contribution in [2.45, 2.75) is 44.7 Å². The van der Waals surface area contributed by atoms with E-state index < -0.39 is 35.7 Å². The molecule has 0 radical (unpaired) electrons. The molecule has 11 heteroatoms. The van der Waals surface area contributed by atoms with E-state index in [-0.39, 0.29) is 29.9 Å². The molecule has 11 nitrogen and oxygen atoms in total. The molecule has 1 aromatic heterocycles. The molecular weight excluding hydrogens is 428 g/mol. The van der Waals surface area contributed by atoms with Crippen LogP contribution in [-0.4, -0.2) is 73.5 Å². The minimum atomic E-state index is -1.02. The highest BCUT2D eigenvalue weighted by molar-refractivity contribution is 6.23. The van der Waals surface area contributed by atoms with Crippen LogP contribution >= 0.6 is 0 Å². The molecule has 2 saturated heterocycles.